The normalized spacial score (nSPS) is 20.8. The van der Waals surface area contributed by atoms with Crippen molar-refractivity contribution >= 4 is 34.8 Å². The highest BCUT2D eigenvalue weighted by molar-refractivity contribution is 5.88. The molecule has 2 atom stereocenters. The van der Waals surface area contributed by atoms with Gasteiger partial charge in [0.1, 0.15) is 6.54 Å². The number of nitrogens with two attached hydrogens (primary N) is 1. The van der Waals surface area contributed by atoms with E-state index in [0.29, 0.717) is 50.8 Å². The number of imidazole rings is 1. The smallest absolute Gasteiger partial charge is 0.378 e. The minimum absolute atomic E-state index is 0.0509. The second kappa shape index (κ2) is 9.85. The summed E-state index contributed by atoms with van der Waals surface area (Å²) in [7, 11) is 0. The van der Waals surface area contributed by atoms with Crippen molar-refractivity contribution in [3.63, 3.8) is 0 Å². The molecule has 0 bridgehead atoms. The van der Waals surface area contributed by atoms with E-state index in [1.165, 1.54) is 19.3 Å². The summed E-state index contributed by atoms with van der Waals surface area (Å²) < 4.78 is 48.3. The average molecular weight is 535 g/mol. The van der Waals surface area contributed by atoms with E-state index in [0.717, 1.165) is 4.57 Å². The number of nitrogen functional groups attached to an aromatic ring is 1. The summed E-state index contributed by atoms with van der Waals surface area (Å²) in [4.78, 5) is 39.5. The highest BCUT2D eigenvalue weighted by atomic mass is 19.4. The minimum Gasteiger partial charge on any atom is -0.378 e. The van der Waals surface area contributed by atoms with Gasteiger partial charge in [0.2, 0.25) is 17.8 Å². The molecule has 0 saturated carbocycles. The second-order valence-electron chi connectivity index (χ2n) is 9.61. The van der Waals surface area contributed by atoms with Crippen LogP contribution in [0.1, 0.15) is 20.8 Å². The number of halogens is 3. The standard InChI is InChI=1S/C23H29F3N10O2/c1-13-10-34(11-14(2)36(13)15(3)37)22-30-17-19(33-4-6-38-7-5-33)31-18(16-8-28-21(27)29-9-16)32-20(17)35(22)12-23(24,25)26/h8-9,13-14H,4-7,10-12H2,1-3H3,(H2,27,28,29)/t13-,14?/m0/s1. The van der Waals surface area contributed by atoms with E-state index < -0.39 is 12.7 Å². The number of amides is 1. The molecule has 0 radical (unpaired) electrons. The average Bonchev–Trinajstić information content (AvgIpc) is 3.20. The summed E-state index contributed by atoms with van der Waals surface area (Å²) in [5.74, 6) is 0.686. The molecular formula is C23H29F3N10O2. The number of carbonyl (C=O) groups is 1. The molecule has 5 heterocycles. The summed E-state index contributed by atoms with van der Waals surface area (Å²) in [5, 5.41) is 0. The van der Waals surface area contributed by atoms with Crippen molar-refractivity contribution < 1.29 is 22.7 Å². The second-order valence-corrected chi connectivity index (χ2v) is 9.61. The van der Waals surface area contributed by atoms with Crippen LogP contribution in [0.2, 0.25) is 0 Å². The van der Waals surface area contributed by atoms with Crippen LogP contribution in [0.25, 0.3) is 22.6 Å². The number of nitrogens with zero attached hydrogens (tertiary/aromatic N) is 9. The van der Waals surface area contributed by atoms with Crippen molar-refractivity contribution in [3.8, 4) is 11.4 Å². The predicted octanol–water partition coefficient (Wildman–Crippen LogP) is 1.71. The molecule has 12 nitrogen and oxygen atoms in total. The Morgan fingerprint density at radius 3 is 2.26 bits per heavy atom. The van der Waals surface area contributed by atoms with Crippen molar-refractivity contribution in [1.82, 2.24) is 34.4 Å². The first kappa shape index (κ1) is 25.9. The van der Waals surface area contributed by atoms with Gasteiger partial charge in [-0.3, -0.25) is 9.36 Å². The van der Waals surface area contributed by atoms with E-state index in [9.17, 15) is 18.0 Å². The Labute approximate surface area is 216 Å². The monoisotopic (exact) mass is 534 g/mol. The van der Waals surface area contributed by atoms with Crippen molar-refractivity contribution in [2.24, 2.45) is 0 Å². The van der Waals surface area contributed by atoms with Gasteiger partial charge in [0.25, 0.3) is 0 Å². The number of fused-ring (bicyclic) bond motifs is 1. The lowest BCUT2D eigenvalue weighted by Crippen LogP contribution is -2.58. The van der Waals surface area contributed by atoms with Crippen LogP contribution in [-0.2, 0) is 16.1 Å². The van der Waals surface area contributed by atoms with Gasteiger partial charge in [0.05, 0.1) is 18.8 Å². The zero-order valence-electron chi connectivity index (χ0n) is 21.3. The van der Waals surface area contributed by atoms with Gasteiger partial charge in [-0.1, -0.05) is 0 Å². The van der Waals surface area contributed by atoms with Crippen LogP contribution in [0.3, 0.4) is 0 Å². The quantitative estimate of drug-likeness (QED) is 0.528. The number of hydrogen-bond acceptors (Lipinski definition) is 10. The lowest BCUT2D eigenvalue weighted by Gasteiger charge is -2.44. The van der Waals surface area contributed by atoms with Crippen LogP contribution in [0, 0.1) is 0 Å². The number of anilines is 3. The van der Waals surface area contributed by atoms with E-state index in [-0.39, 0.29) is 46.9 Å². The number of ether oxygens (including phenoxy) is 1. The molecule has 3 aromatic heterocycles. The lowest BCUT2D eigenvalue weighted by molar-refractivity contribution is -0.139. The molecule has 5 rings (SSSR count). The van der Waals surface area contributed by atoms with Crippen LogP contribution in [0.5, 0.6) is 0 Å². The zero-order chi connectivity index (χ0) is 27.2. The van der Waals surface area contributed by atoms with Gasteiger partial charge < -0.3 is 25.2 Å². The highest BCUT2D eigenvalue weighted by Gasteiger charge is 2.37. The SMILES string of the molecule is CC(=O)N1C(C)CN(c2nc3c(N4CCOCC4)nc(-c4cnc(N)nc4)nc3n2CC(F)(F)F)C[C@@H]1C. The number of piperazine rings is 1. The molecule has 2 aliphatic rings. The number of aromatic nitrogens is 6. The largest absolute Gasteiger partial charge is 0.406 e. The highest BCUT2D eigenvalue weighted by Crippen LogP contribution is 2.34. The van der Waals surface area contributed by atoms with Gasteiger partial charge in [0, 0.05) is 57.6 Å². The van der Waals surface area contributed by atoms with Crippen LogP contribution in [0.15, 0.2) is 12.4 Å². The molecule has 204 valence electrons. The first-order chi connectivity index (χ1) is 18.0. The maximum atomic E-state index is 13.9. The third-order valence-electron chi connectivity index (χ3n) is 6.70. The van der Waals surface area contributed by atoms with Crippen LogP contribution in [0.4, 0.5) is 30.9 Å². The van der Waals surface area contributed by atoms with Crippen LogP contribution >= 0.6 is 0 Å². The van der Waals surface area contributed by atoms with Crippen molar-refractivity contribution in [1.29, 1.82) is 0 Å². The molecule has 0 aliphatic carbocycles. The first-order valence-corrected chi connectivity index (χ1v) is 12.3. The molecule has 2 aliphatic heterocycles. The molecular weight excluding hydrogens is 505 g/mol. The van der Waals surface area contributed by atoms with Crippen molar-refractivity contribution in [2.75, 3.05) is 54.9 Å². The Kier molecular flexibility index (Phi) is 6.71. The van der Waals surface area contributed by atoms with E-state index in [1.54, 1.807) is 9.80 Å². The lowest BCUT2D eigenvalue weighted by atomic mass is 10.1. The summed E-state index contributed by atoms with van der Waals surface area (Å²) in [5.41, 5.74) is 6.34. The maximum Gasteiger partial charge on any atom is 0.406 e. The molecule has 38 heavy (non-hydrogen) atoms. The van der Waals surface area contributed by atoms with Crippen LogP contribution in [-0.4, -0.2) is 97.9 Å². The Bertz CT molecular complexity index is 1310. The van der Waals surface area contributed by atoms with Crippen LogP contribution < -0.4 is 15.5 Å². The number of rotatable bonds is 4. The molecule has 2 fully saturated rings. The van der Waals surface area contributed by atoms with Gasteiger partial charge in [-0.05, 0) is 13.8 Å². The van der Waals surface area contributed by atoms with Crippen molar-refractivity contribution in [2.45, 2.75) is 45.6 Å². The summed E-state index contributed by atoms with van der Waals surface area (Å²) in [6.45, 7) is 6.49. The van der Waals surface area contributed by atoms with Crippen molar-refractivity contribution in [3.05, 3.63) is 12.4 Å². The van der Waals surface area contributed by atoms with Gasteiger partial charge in [0.15, 0.2) is 22.8 Å². The number of morpholine rings is 1. The molecule has 1 unspecified atom stereocenters. The Balaban J connectivity index is 1.69. The van der Waals surface area contributed by atoms with Gasteiger partial charge >= 0.3 is 6.18 Å². The van der Waals surface area contributed by atoms with E-state index in [4.69, 9.17) is 20.4 Å². The Morgan fingerprint density at radius 2 is 1.68 bits per heavy atom. The number of alkyl halides is 3. The summed E-state index contributed by atoms with van der Waals surface area (Å²) in [6.07, 6.45) is -1.67. The molecule has 2 N–H and O–H groups in total. The summed E-state index contributed by atoms with van der Waals surface area (Å²) >= 11 is 0. The molecule has 2 saturated heterocycles. The van der Waals surface area contributed by atoms with E-state index >= 15 is 0 Å². The maximum absolute atomic E-state index is 13.9. The van der Waals surface area contributed by atoms with Gasteiger partial charge in [-0.15, -0.1) is 0 Å². The predicted molar refractivity (Wildman–Crippen MR) is 134 cm³/mol. The van der Waals surface area contributed by atoms with Gasteiger partial charge in [-0.2, -0.15) is 13.2 Å². The summed E-state index contributed by atoms with van der Waals surface area (Å²) in [6, 6.07) is -0.439. The third-order valence-corrected chi connectivity index (χ3v) is 6.70. The zero-order valence-corrected chi connectivity index (χ0v) is 21.3. The molecule has 3 aromatic rings. The third kappa shape index (κ3) is 5.01. The van der Waals surface area contributed by atoms with E-state index in [1.807, 2.05) is 18.7 Å². The van der Waals surface area contributed by atoms with Gasteiger partial charge in [-0.25, -0.2) is 24.9 Å². The molecule has 0 spiro atoms. The number of carbonyl (C=O) groups excluding carboxylic acids is 1. The fourth-order valence-electron chi connectivity index (χ4n) is 5.23. The van der Waals surface area contributed by atoms with E-state index in [2.05, 4.69) is 15.0 Å². The topological polar surface area (TPSA) is 131 Å². The number of hydrogen-bond donors (Lipinski definition) is 1. The Morgan fingerprint density at radius 1 is 1.05 bits per heavy atom. The fraction of sp³-hybridized carbons (Fsp3) is 0.565. The Hall–Kier alpha value is -3.75. The first-order valence-electron chi connectivity index (χ1n) is 12.3. The molecule has 1 amide bonds. The fourth-order valence-corrected chi connectivity index (χ4v) is 5.23. The minimum atomic E-state index is -4.53. The molecule has 15 heteroatoms. The molecule has 0 aromatic carbocycles.